The lowest BCUT2D eigenvalue weighted by Gasteiger charge is -2.17. The van der Waals surface area contributed by atoms with Crippen LogP contribution in [0.1, 0.15) is 45.7 Å². The minimum Gasteiger partial charge on any atom is -0.490 e. The molecule has 0 saturated carbocycles. The highest BCUT2D eigenvalue weighted by Gasteiger charge is 2.12. The molecule has 0 fully saturated rings. The Balaban J connectivity index is 2.77. The average Bonchev–Trinajstić information content (AvgIpc) is 2.47. The first-order valence-corrected chi connectivity index (χ1v) is 7.56. The quantitative estimate of drug-likeness (QED) is 0.773. The number of carbonyl (C=O) groups excluding carboxylic acids is 1. The van der Waals surface area contributed by atoms with Crippen molar-refractivity contribution in [1.29, 1.82) is 0 Å². The van der Waals surface area contributed by atoms with Gasteiger partial charge in [0.05, 0.1) is 19.3 Å². The van der Waals surface area contributed by atoms with Crippen molar-refractivity contribution >= 4 is 6.03 Å². The lowest BCUT2D eigenvalue weighted by molar-refractivity contribution is 0.238. The number of nitrogens with one attached hydrogen (secondary N) is 2. The van der Waals surface area contributed by atoms with Crippen LogP contribution >= 0.6 is 0 Å². The molecule has 1 aromatic rings. The van der Waals surface area contributed by atoms with Crippen LogP contribution in [0.4, 0.5) is 4.79 Å². The molecular formula is C16H26N2O3. The third-order valence-electron chi connectivity index (χ3n) is 2.95. The summed E-state index contributed by atoms with van der Waals surface area (Å²) >= 11 is 0. The van der Waals surface area contributed by atoms with Gasteiger partial charge in [0.15, 0.2) is 11.5 Å². The summed E-state index contributed by atoms with van der Waals surface area (Å²) in [5.74, 6) is 1.44. The largest absolute Gasteiger partial charge is 0.490 e. The zero-order valence-electron chi connectivity index (χ0n) is 13.4. The van der Waals surface area contributed by atoms with E-state index < -0.39 is 0 Å². The fraction of sp³-hybridized carbons (Fsp3) is 0.562. The van der Waals surface area contributed by atoms with Crippen molar-refractivity contribution in [3.63, 3.8) is 0 Å². The summed E-state index contributed by atoms with van der Waals surface area (Å²) in [4.78, 5) is 11.7. The maximum Gasteiger partial charge on any atom is 0.315 e. The fourth-order valence-electron chi connectivity index (χ4n) is 1.91. The van der Waals surface area contributed by atoms with Gasteiger partial charge in [-0.25, -0.2) is 4.79 Å². The van der Waals surface area contributed by atoms with E-state index in [1.54, 1.807) is 0 Å². The van der Waals surface area contributed by atoms with Gasteiger partial charge in [0.1, 0.15) is 0 Å². The first kappa shape index (κ1) is 17.1. The highest BCUT2D eigenvalue weighted by molar-refractivity contribution is 5.74. The van der Waals surface area contributed by atoms with Gasteiger partial charge in [-0.15, -0.1) is 0 Å². The zero-order valence-corrected chi connectivity index (χ0v) is 13.4. The van der Waals surface area contributed by atoms with Crippen molar-refractivity contribution in [1.82, 2.24) is 10.6 Å². The lowest BCUT2D eigenvalue weighted by Crippen LogP contribution is -2.37. The first-order chi connectivity index (χ1) is 10.1. The minimum absolute atomic E-state index is 0.100. The van der Waals surface area contributed by atoms with Gasteiger partial charge in [-0.05, 0) is 44.9 Å². The Morgan fingerprint density at radius 2 is 1.81 bits per heavy atom. The number of urea groups is 1. The fourth-order valence-corrected chi connectivity index (χ4v) is 1.91. The minimum atomic E-state index is -0.156. The molecule has 0 aromatic heterocycles. The smallest absolute Gasteiger partial charge is 0.315 e. The van der Waals surface area contributed by atoms with Gasteiger partial charge in [-0.2, -0.15) is 0 Å². The Labute approximate surface area is 127 Å². The summed E-state index contributed by atoms with van der Waals surface area (Å²) in [6.07, 6.45) is 0.916. The monoisotopic (exact) mass is 294 g/mol. The van der Waals surface area contributed by atoms with E-state index in [9.17, 15) is 4.79 Å². The van der Waals surface area contributed by atoms with Crippen LogP contribution in [0.5, 0.6) is 11.5 Å². The van der Waals surface area contributed by atoms with Crippen LogP contribution < -0.4 is 20.1 Å². The van der Waals surface area contributed by atoms with E-state index in [1.165, 1.54) is 0 Å². The number of carbonyl (C=O) groups is 1. The van der Waals surface area contributed by atoms with Gasteiger partial charge in [0, 0.05) is 6.54 Å². The molecule has 0 aliphatic rings. The van der Waals surface area contributed by atoms with E-state index in [4.69, 9.17) is 9.47 Å². The molecule has 0 spiro atoms. The molecular weight excluding hydrogens is 268 g/mol. The van der Waals surface area contributed by atoms with E-state index >= 15 is 0 Å². The normalized spacial score (nSPS) is 11.6. The topological polar surface area (TPSA) is 59.6 Å². The van der Waals surface area contributed by atoms with Gasteiger partial charge in [0.2, 0.25) is 0 Å². The van der Waals surface area contributed by atoms with E-state index in [1.807, 2.05) is 45.9 Å². The van der Waals surface area contributed by atoms with Crippen molar-refractivity contribution in [2.24, 2.45) is 0 Å². The van der Waals surface area contributed by atoms with Crippen molar-refractivity contribution in [2.45, 2.75) is 40.2 Å². The standard InChI is InChI=1S/C16H26N2O3/c1-5-10-17-16(19)18-12(4)13-8-9-14(20-6-2)15(11-13)21-7-3/h8-9,11-12H,5-7,10H2,1-4H3,(H2,17,18,19). The highest BCUT2D eigenvalue weighted by Crippen LogP contribution is 2.30. The second kappa shape index (κ2) is 9.10. The summed E-state index contributed by atoms with van der Waals surface area (Å²) < 4.78 is 11.1. The molecule has 0 aliphatic heterocycles. The van der Waals surface area contributed by atoms with Crippen molar-refractivity contribution in [2.75, 3.05) is 19.8 Å². The summed E-state index contributed by atoms with van der Waals surface area (Å²) in [6, 6.07) is 5.48. The van der Waals surface area contributed by atoms with E-state index in [-0.39, 0.29) is 12.1 Å². The molecule has 1 unspecified atom stereocenters. The Bertz CT molecular complexity index is 449. The Morgan fingerprint density at radius 3 is 2.43 bits per heavy atom. The summed E-state index contributed by atoms with van der Waals surface area (Å²) in [5.41, 5.74) is 0.980. The molecule has 118 valence electrons. The van der Waals surface area contributed by atoms with Gasteiger partial charge < -0.3 is 20.1 Å². The average molecular weight is 294 g/mol. The van der Waals surface area contributed by atoms with Crippen molar-refractivity contribution in [3.05, 3.63) is 23.8 Å². The molecule has 0 bridgehead atoms. The second-order valence-electron chi connectivity index (χ2n) is 4.69. The molecule has 0 radical (unpaired) electrons. The SMILES string of the molecule is CCCNC(=O)NC(C)c1ccc(OCC)c(OCC)c1. The molecule has 21 heavy (non-hydrogen) atoms. The first-order valence-electron chi connectivity index (χ1n) is 7.56. The maximum absolute atomic E-state index is 11.7. The summed E-state index contributed by atoms with van der Waals surface area (Å²) in [7, 11) is 0. The molecule has 2 amide bonds. The van der Waals surface area contributed by atoms with Crippen LogP contribution in [-0.2, 0) is 0 Å². The number of hydrogen-bond acceptors (Lipinski definition) is 3. The third kappa shape index (κ3) is 5.53. The predicted molar refractivity (Wildman–Crippen MR) is 84.0 cm³/mol. The second-order valence-corrected chi connectivity index (χ2v) is 4.69. The molecule has 0 heterocycles. The lowest BCUT2D eigenvalue weighted by atomic mass is 10.1. The van der Waals surface area contributed by atoms with Gasteiger partial charge in [-0.1, -0.05) is 13.0 Å². The molecule has 5 heteroatoms. The Morgan fingerprint density at radius 1 is 1.14 bits per heavy atom. The Hall–Kier alpha value is -1.91. The van der Waals surface area contributed by atoms with Gasteiger partial charge in [0.25, 0.3) is 0 Å². The van der Waals surface area contributed by atoms with Crippen LogP contribution in [0.15, 0.2) is 18.2 Å². The molecule has 0 aliphatic carbocycles. The predicted octanol–water partition coefficient (Wildman–Crippen LogP) is 3.25. The summed E-state index contributed by atoms with van der Waals surface area (Å²) in [6.45, 7) is 9.66. The van der Waals surface area contributed by atoms with Crippen LogP contribution in [-0.4, -0.2) is 25.8 Å². The number of ether oxygens (including phenoxy) is 2. The van der Waals surface area contributed by atoms with E-state index in [2.05, 4.69) is 10.6 Å². The maximum atomic E-state index is 11.7. The molecule has 5 nitrogen and oxygen atoms in total. The number of amides is 2. The molecule has 2 N–H and O–H groups in total. The summed E-state index contributed by atoms with van der Waals surface area (Å²) in [5, 5.41) is 5.70. The van der Waals surface area contributed by atoms with Crippen LogP contribution in [0.2, 0.25) is 0 Å². The molecule has 1 rings (SSSR count). The van der Waals surface area contributed by atoms with Gasteiger partial charge in [-0.3, -0.25) is 0 Å². The van der Waals surface area contributed by atoms with E-state index in [0.29, 0.717) is 25.5 Å². The zero-order chi connectivity index (χ0) is 15.7. The van der Waals surface area contributed by atoms with Crippen molar-refractivity contribution in [3.8, 4) is 11.5 Å². The third-order valence-corrected chi connectivity index (χ3v) is 2.95. The van der Waals surface area contributed by atoms with Crippen molar-refractivity contribution < 1.29 is 14.3 Å². The highest BCUT2D eigenvalue weighted by atomic mass is 16.5. The number of hydrogen-bond donors (Lipinski definition) is 2. The molecule has 0 saturated heterocycles. The van der Waals surface area contributed by atoms with Crippen LogP contribution in [0.3, 0.4) is 0 Å². The number of benzene rings is 1. The molecule has 1 aromatic carbocycles. The van der Waals surface area contributed by atoms with Crippen LogP contribution in [0.25, 0.3) is 0 Å². The van der Waals surface area contributed by atoms with Gasteiger partial charge >= 0.3 is 6.03 Å². The number of rotatable bonds is 8. The molecule has 1 atom stereocenters. The Kier molecular flexibility index (Phi) is 7.43. The van der Waals surface area contributed by atoms with Crippen LogP contribution in [0, 0.1) is 0 Å². The van der Waals surface area contributed by atoms with E-state index in [0.717, 1.165) is 17.7 Å².